The van der Waals surface area contributed by atoms with Crippen LogP contribution in [-0.2, 0) is 11.2 Å². The number of ether oxygens (including phenoxy) is 1. The number of nitrogens with one attached hydrogen (secondary N) is 2. The number of hydrogen-bond acceptors (Lipinski definition) is 3. The molecule has 4 nitrogen and oxygen atoms in total. The van der Waals surface area contributed by atoms with E-state index in [1.807, 2.05) is 19.1 Å². The Morgan fingerprint density at radius 3 is 2.43 bits per heavy atom. The molecule has 1 aromatic rings. The summed E-state index contributed by atoms with van der Waals surface area (Å²) >= 11 is 16.5. The fourth-order valence-corrected chi connectivity index (χ4v) is 1.64. The number of anilines is 1. The van der Waals surface area contributed by atoms with Crippen molar-refractivity contribution >= 4 is 46.6 Å². The summed E-state index contributed by atoms with van der Waals surface area (Å²) in [4.78, 5) is 11.5. The quantitative estimate of drug-likeness (QED) is 0.752. The van der Waals surface area contributed by atoms with Crippen molar-refractivity contribution in [3.63, 3.8) is 0 Å². The Kier molecular flexibility index (Phi) is 7.15. The van der Waals surface area contributed by atoms with E-state index in [4.69, 9.17) is 39.5 Å². The highest BCUT2D eigenvalue weighted by molar-refractivity contribution is 6.67. The van der Waals surface area contributed by atoms with Gasteiger partial charge in [-0.05, 0) is 31.0 Å². The van der Waals surface area contributed by atoms with Gasteiger partial charge >= 0.3 is 6.09 Å². The Balaban J connectivity index is 2.40. The van der Waals surface area contributed by atoms with Crippen molar-refractivity contribution in [2.75, 3.05) is 18.5 Å². The predicted molar refractivity (Wildman–Crippen MR) is 88.2 cm³/mol. The molecule has 0 atom stereocenters. The van der Waals surface area contributed by atoms with Crippen LogP contribution in [-0.4, -0.2) is 23.0 Å². The first-order chi connectivity index (χ1) is 9.76. The van der Waals surface area contributed by atoms with E-state index in [2.05, 4.69) is 17.2 Å². The number of amides is 1. The van der Waals surface area contributed by atoms with Crippen LogP contribution in [0.5, 0.6) is 0 Å². The van der Waals surface area contributed by atoms with Crippen LogP contribution < -0.4 is 10.6 Å². The first-order valence-electron chi connectivity index (χ1n) is 6.25. The average molecular weight is 352 g/mol. The molecule has 0 fully saturated rings. The third-order valence-corrected chi connectivity index (χ3v) is 2.74. The number of benzene rings is 1. The molecule has 21 heavy (non-hydrogen) atoms. The van der Waals surface area contributed by atoms with Gasteiger partial charge in [0.2, 0.25) is 3.79 Å². The minimum Gasteiger partial charge on any atom is -0.445 e. The number of hydrogen-bond donors (Lipinski definition) is 2. The van der Waals surface area contributed by atoms with Crippen LogP contribution in [0.3, 0.4) is 0 Å². The van der Waals surface area contributed by atoms with Gasteiger partial charge < -0.3 is 10.1 Å². The highest BCUT2D eigenvalue weighted by Gasteiger charge is 2.22. The van der Waals surface area contributed by atoms with Crippen LogP contribution in [0, 0.1) is 0 Å². The molecule has 1 aromatic carbocycles. The molecule has 0 unspecified atom stereocenters. The molecule has 0 spiro atoms. The topological polar surface area (TPSA) is 50.4 Å². The van der Waals surface area contributed by atoms with Crippen LogP contribution >= 0.6 is 34.8 Å². The number of carbonyl (C=O) groups excluding carboxylic acids is 1. The molecule has 0 saturated heterocycles. The summed E-state index contributed by atoms with van der Waals surface area (Å²) in [6, 6.07) is 7.41. The predicted octanol–water partition coefficient (Wildman–Crippen LogP) is 4.27. The SMILES string of the molecule is C=C(C)NCCc1ccc(NC(=O)OCC(Cl)(Cl)Cl)cc1. The zero-order valence-electron chi connectivity index (χ0n) is 11.6. The van der Waals surface area contributed by atoms with Crippen LogP contribution in [0.15, 0.2) is 36.5 Å². The monoisotopic (exact) mass is 350 g/mol. The summed E-state index contributed by atoms with van der Waals surface area (Å²) in [5.41, 5.74) is 2.69. The molecule has 116 valence electrons. The van der Waals surface area contributed by atoms with Crippen LogP contribution in [0.2, 0.25) is 0 Å². The van der Waals surface area contributed by atoms with Crippen molar-refractivity contribution in [1.82, 2.24) is 5.32 Å². The minimum atomic E-state index is -1.61. The second-order valence-corrected chi connectivity index (χ2v) is 6.99. The molecule has 0 heterocycles. The summed E-state index contributed by atoms with van der Waals surface area (Å²) in [6.07, 6.45) is 0.197. The van der Waals surface area contributed by atoms with E-state index in [0.29, 0.717) is 5.69 Å². The van der Waals surface area contributed by atoms with Gasteiger partial charge in [-0.2, -0.15) is 0 Å². The molecule has 0 radical (unpaired) electrons. The largest absolute Gasteiger partial charge is 0.445 e. The fourth-order valence-electron chi connectivity index (χ4n) is 1.48. The first kappa shape index (κ1) is 18.0. The number of carbonyl (C=O) groups is 1. The Hall–Kier alpha value is -1.10. The summed E-state index contributed by atoms with van der Waals surface area (Å²) in [5, 5.41) is 5.70. The number of rotatable bonds is 6. The van der Waals surface area contributed by atoms with Crippen LogP contribution in [0.1, 0.15) is 12.5 Å². The molecule has 2 N–H and O–H groups in total. The Morgan fingerprint density at radius 2 is 1.90 bits per heavy atom. The molecular weight excluding hydrogens is 335 g/mol. The molecular formula is C14H17Cl3N2O2. The molecule has 1 amide bonds. The normalized spacial score (nSPS) is 10.9. The van der Waals surface area contributed by atoms with Crippen molar-refractivity contribution in [3.05, 3.63) is 42.1 Å². The third-order valence-electron chi connectivity index (χ3n) is 2.41. The van der Waals surface area contributed by atoms with E-state index in [1.54, 1.807) is 12.1 Å². The van der Waals surface area contributed by atoms with Gasteiger partial charge in [0.05, 0.1) is 0 Å². The zero-order chi connectivity index (χ0) is 15.9. The van der Waals surface area contributed by atoms with Gasteiger partial charge in [0, 0.05) is 17.9 Å². The lowest BCUT2D eigenvalue weighted by Crippen LogP contribution is -2.21. The molecule has 7 heteroatoms. The minimum absolute atomic E-state index is 0.311. The third kappa shape index (κ3) is 8.71. The van der Waals surface area contributed by atoms with E-state index in [0.717, 1.165) is 24.2 Å². The van der Waals surface area contributed by atoms with Gasteiger partial charge in [-0.25, -0.2) is 4.79 Å². The molecule has 0 bridgehead atoms. The molecule has 0 aliphatic rings. The van der Waals surface area contributed by atoms with Crippen molar-refractivity contribution in [2.24, 2.45) is 0 Å². The van der Waals surface area contributed by atoms with E-state index >= 15 is 0 Å². The average Bonchev–Trinajstić information content (AvgIpc) is 2.37. The second-order valence-electron chi connectivity index (χ2n) is 4.47. The van der Waals surface area contributed by atoms with Gasteiger partial charge in [-0.1, -0.05) is 53.5 Å². The number of halogens is 3. The van der Waals surface area contributed by atoms with E-state index < -0.39 is 9.89 Å². The molecule has 0 aromatic heterocycles. The maximum Gasteiger partial charge on any atom is 0.411 e. The lowest BCUT2D eigenvalue weighted by atomic mass is 10.1. The number of alkyl halides is 3. The van der Waals surface area contributed by atoms with E-state index in [9.17, 15) is 4.79 Å². The lowest BCUT2D eigenvalue weighted by Gasteiger charge is -2.12. The van der Waals surface area contributed by atoms with Gasteiger partial charge in [-0.15, -0.1) is 0 Å². The zero-order valence-corrected chi connectivity index (χ0v) is 13.9. The molecule has 1 rings (SSSR count). The second kappa shape index (κ2) is 8.37. The standard InChI is InChI=1S/C14H17Cl3N2O2/c1-10(2)18-8-7-11-3-5-12(6-4-11)19-13(20)21-9-14(15,16)17/h3-6,18H,1,7-9H2,2H3,(H,19,20). The van der Waals surface area contributed by atoms with Crippen LogP contribution in [0.4, 0.5) is 10.5 Å². The molecule has 0 saturated carbocycles. The maximum absolute atomic E-state index is 11.5. The van der Waals surface area contributed by atoms with Gasteiger partial charge in [-0.3, -0.25) is 5.32 Å². The molecule has 0 aliphatic carbocycles. The van der Waals surface area contributed by atoms with Crippen molar-refractivity contribution in [1.29, 1.82) is 0 Å². The smallest absolute Gasteiger partial charge is 0.411 e. The Labute approximate surface area is 139 Å². The first-order valence-corrected chi connectivity index (χ1v) is 7.38. The highest BCUT2D eigenvalue weighted by Crippen LogP contribution is 2.26. The number of allylic oxidation sites excluding steroid dienone is 1. The van der Waals surface area contributed by atoms with Gasteiger partial charge in [0.1, 0.15) is 6.61 Å². The fraction of sp³-hybridized carbons (Fsp3) is 0.357. The molecule has 0 aliphatic heterocycles. The Morgan fingerprint density at radius 1 is 1.29 bits per heavy atom. The van der Waals surface area contributed by atoms with Gasteiger partial charge in [0.25, 0.3) is 0 Å². The summed E-state index contributed by atoms with van der Waals surface area (Å²) in [6.45, 7) is 6.18. The van der Waals surface area contributed by atoms with E-state index in [-0.39, 0.29) is 6.61 Å². The van der Waals surface area contributed by atoms with Crippen molar-refractivity contribution in [3.8, 4) is 0 Å². The summed E-state index contributed by atoms with van der Waals surface area (Å²) < 4.78 is 3.15. The van der Waals surface area contributed by atoms with Gasteiger partial charge in [0.15, 0.2) is 0 Å². The summed E-state index contributed by atoms with van der Waals surface area (Å²) in [7, 11) is 0. The summed E-state index contributed by atoms with van der Waals surface area (Å²) in [5.74, 6) is 0. The van der Waals surface area contributed by atoms with E-state index in [1.165, 1.54) is 0 Å². The van der Waals surface area contributed by atoms with Crippen molar-refractivity contribution < 1.29 is 9.53 Å². The maximum atomic E-state index is 11.5. The van der Waals surface area contributed by atoms with Crippen molar-refractivity contribution in [2.45, 2.75) is 17.1 Å². The Bertz CT molecular complexity index is 484. The van der Waals surface area contributed by atoms with Crippen LogP contribution in [0.25, 0.3) is 0 Å². The highest BCUT2D eigenvalue weighted by atomic mass is 35.6. The lowest BCUT2D eigenvalue weighted by molar-refractivity contribution is 0.164.